The Morgan fingerprint density at radius 3 is 0.944 bits per heavy atom. The highest BCUT2D eigenvalue weighted by atomic mass is 15.1. The van der Waals surface area contributed by atoms with Gasteiger partial charge in [0.25, 0.3) is 0 Å². The number of benzene rings is 10. The van der Waals surface area contributed by atoms with Gasteiger partial charge < -0.3 is 18.3 Å². The van der Waals surface area contributed by atoms with Gasteiger partial charge >= 0.3 is 0 Å². The molecule has 0 spiro atoms. The number of nitrogens with zero attached hydrogens (tertiary/aromatic N) is 8. The van der Waals surface area contributed by atoms with Crippen molar-refractivity contribution >= 4 is 87.2 Å². The van der Waals surface area contributed by atoms with Crippen LogP contribution in [0.1, 0.15) is 22.3 Å². The Balaban J connectivity index is 0.977. The van der Waals surface area contributed by atoms with E-state index >= 15 is 0 Å². The monoisotopic (exact) mass is 914 g/mol. The third-order valence-electron chi connectivity index (χ3n) is 14.5. The van der Waals surface area contributed by atoms with Crippen LogP contribution in [0.25, 0.3) is 121 Å². The summed E-state index contributed by atoms with van der Waals surface area (Å²) in [5.74, 6) is 0. The van der Waals surface area contributed by atoms with Gasteiger partial charge in [0.15, 0.2) is 0 Å². The Morgan fingerprint density at radius 1 is 0.250 bits per heavy atom. The molecule has 0 N–H and O–H groups in total. The molecule has 0 aliphatic heterocycles. The highest BCUT2D eigenvalue weighted by molar-refractivity contribution is 6.15. The highest BCUT2D eigenvalue weighted by Crippen LogP contribution is 2.43. The molecule has 0 fully saturated rings. The van der Waals surface area contributed by atoms with Crippen molar-refractivity contribution in [1.82, 2.24) is 18.3 Å². The predicted octanol–water partition coefficient (Wildman–Crippen LogP) is 15.2. The summed E-state index contributed by atoms with van der Waals surface area (Å²) in [6, 6.07) is 79.6. The van der Waals surface area contributed by atoms with E-state index in [0.717, 1.165) is 110 Å². The Labute approximate surface area is 411 Å². The molecular weight excluding hydrogens is 881 g/mol. The average Bonchev–Trinajstić information content (AvgIpc) is 4.17. The van der Waals surface area contributed by atoms with Crippen LogP contribution in [0.4, 0.5) is 0 Å². The van der Waals surface area contributed by atoms with E-state index in [0.29, 0.717) is 33.6 Å². The summed E-state index contributed by atoms with van der Waals surface area (Å²) < 4.78 is 8.66. The van der Waals surface area contributed by atoms with E-state index in [9.17, 15) is 21.0 Å². The molecule has 0 atom stereocenters. The SMILES string of the molecule is N#Cc1cc(-n2c3ccccc3c3ccccc32)c(-n2c3ccccc3c3cc(-c4ccc5c(c4)c4ccccc4n5-c4c(C#N)ccc(-n5c6ccccc6c6ccccc65)c4C#N)ccc32)cc1C#N. The summed E-state index contributed by atoms with van der Waals surface area (Å²) in [4.78, 5) is 0. The maximum atomic E-state index is 11.2. The van der Waals surface area contributed by atoms with E-state index in [1.165, 1.54) is 0 Å². The van der Waals surface area contributed by atoms with Gasteiger partial charge in [-0.3, -0.25) is 0 Å². The zero-order chi connectivity index (χ0) is 48.2. The van der Waals surface area contributed by atoms with Gasteiger partial charge in [-0.2, -0.15) is 21.0 Å². The molecule has 0 saturated carbocycles. The largest absolute Gasteiger partial charge is 0.308 e. The van der Waals surface area contributed by atoms with Crippen LogP contribution in [-0.2, 0) is 0 Å². The van der Waals surface area contributed by atoms with Crippen LogP contribution in [0, 0.1) is 45.3 Å². The van der Waals surface area contributed by atoms with Crippen molar-refractivity contribution in [1.29, 1.82) is 21.0 Å². The first-order valence-corrected chi connectivity index (χ1v) is 23.6. The van der Waals surface area contributed by atoms with Crippen molar-refractivity contribution in [2.24, 2.45) is 0 Å². The minimum absolute atomic E-state index is 0.300. The number of para-hydroxylation sites is 6. The average molecular weight is 915 g/mol. The Morgan fingerprint density at radius 2 is 0.569 bits per heavy atom. The zero-order valence-corrected chi connectivity index (χ0v) is 38.2. The van der Waals surface area contributed by atoms with E-state index in [2.05, 4.69) is 152 Å². The Bertz CT molecular complexity index is 4760. The first-order chi connectivity index (χ1) is 35.6. The van der Waals surface area contributed by atoms with Crippen LogP contribution in [0.5, 0.6) is 0 Å². The molecule has 72 heavy (non-hydrogen) atoms. The number of fused-ring (bicyclic) bond motifs is 12. The van der Waals surface area contributed by atoms with Crippen molar-refractivity contribution in [2.45, 2.75) is 0 Å². The number of rotatable bonds is 5. The molecule has 10 aromatic carbocycles. The smallest absolute Gasteiger partial charge is 0.104 e. The summed E-state index contributed by atoms with van der Waals surface area (Å²) in [6.45, 7) is 0. The van der Waals surface area contributed by atoms with Gasteiger partial charge in [0.05, 0.1) is 83.6 Å². The third-order valence-corrected chi connectivity index (χ3v) is 14.5. The standard InChI is InChI=1S/C64H34N8/c65-35-41-27-30-61(69-53-19-7-1-13-44(53)45-14-2-8-20-54(45)69)52(38-68)64(41)72-58-24-12-6-18-49(58)51-32-40(26-29-60(51)72)39-25-28-59-50(31-39)48-17-5-11-23-57(48)71(59)63-34-43(37-67)42(36-66)33-62(63)70-55-21-9-3-15-46(55)47-16-4-10-22-56(47)70/h1-34H. The summed E-state index contributed by atoms with van der Waals surface area (Å²) in [7, 11) is 0. The van der Waals surface area contributed by atoms with Crippen molar-refractivity contribution in [3.63, 3.8) is 0 Å². The van der Waals surface area contributed by atoms with E-state index in [4.69, 9.17) is 0 Å². The highest BCUT2D eigenvalue weighted by Gasteiger charge is 2.25. The molecule has 14 aromatic rings. The molecule has 0 bridgehead atoms. The molecule has 8 heteroatoms. The molecule has 0 radical (unpaired) electrons. The molecule has 0 aliphatic rings. The van der Waals surface area contributed by atoms with Crippen molar-refractivity contribution in [2.75, 3.05) is 0 Å². The minimum atomic E-state index is 0.300. The topological polar surface area (TPSA) is 115 Å². The third kappa shape index (κ3) is 5.58. The predicted molar refractivity (Wildman–Crippen MR) is 288 cm³/mol. The first kappa shape index (κ1) is 40.4. The van der Waals surface area contributed by atoms with E-state index < -0.39 is 0 Å². The molecule has 4 aromatic heterocycles. The van der Waals surface area contributed by atoms with Gasteiger partial charge in [0.2, 0.25) is 0 Å². The molecule has 0 unspecified atom stereocenters. The zero-order valence-electron chi connectivity index (χ0n) is 38.2. The second-order valence-electron chi connectivity index (χ2n) is 18.1. The summed E-state index contributed by atoms with van der Waals surface area (Å²) in [6.07, 6.45) is 0. The number of aromatic nitrogens is 4. The molecule has 0 saturated heterocycles. The van der Waals surface area contributed by atoms with Crippen LogP contribution in [-0.4, -0.2) is 18.3 Å². The van der Waals surface area contributed by atoms with Crippen molar-refractivity contribution in [3.05, 3.63) is 229 Å². The van der Waals surface area contributed by atoms with Gasteiger partial charge in [-0.15, -0.1) is 0 Å². The Kier molecular flexibility index (Phi) is 8.67. The number of nitriles is 4. The molecule has 330 valence electrons. The van der Waals surface area contributed by atoms with Crippen LogP contribution >= 0.6 is 0 Å². The number of hydrogen-bond donors (Lipinski definition) is 0. The first-order valence-electron chi connectivity index (χ1n) is 23.6. The summed E-state index contributed by atoms with van der Waals surface area (Å²) in [5.41, 5.74) is 13.8. The molecule has 4 heterocycles. The second kappa shape index (κ2) is 15.4. The minimum Gasteiger partial charge on any atom is -0.308 e. The lowest BCUT2D eigenvalue weighted by atomic mass is 10.0. The quantitative estimate of drug-likeness (QED) is 0.171. The van der Waals surface area contributed by atoms with Gasteiger partial charge in [0, 0.05) is 43.1 Å². The lowest BCUT2D eigenvalue weighted by molar-refractivity contribution is 1.09. The van der Waals surface area contributed by atoms with Gasteiger partial charge in [-0.25, -0.2) is 0 Å². The van der Waals surface area contributed by atoms with Gasteiger partial charge in [0.1, 0.15) is 29.8 Å². The normalized spacial score (nSPS) is 11.6. The fourth-order valence-corrected chi connectivity index (χ4v) is 11.5. The fraction of sp³-hybridized carbons (Fsp3) is 0. The van der Waals surface area contributed by atoms with Crippen LogP contribution in [0.15, 0.2) is 206 Å². The second-order valence-corrected chi connectivity index (χ2v) is 18.1. The van der Waals surface area contributed by atoms with Crippen molar-refractivity contribution < 1.29 is 0 Å². The molecule has 14 rings (SSSR count). The van der Waals surface area contributed by atoms with E-state index in [-0.39, 0.29) is 0 Å². The number of hydrogen-bond acceptors (Lipinski definition) is 4. The lowest BCUT2D eigenvalue weighted by Crippen LogP contribution is -2.06. The fourth-order valence-electron chi connectivity index (χ4n) is 11.5. The van der Waals surface area contributed by atoms with Gasteiger partial charge in [-0.05, 0) is 96.1 Å². The lowest BCUT2D eigenvalue weighted by Gasteiger charge is -2.18. The molecular formula is C64H34N8. The van der Waals surface area contributed by atoms with Crippen LogP contribution < -0.4 is 0 Å². The Hall–Kier alpha value is -10.6. The van der Waals surface area contributed by atoms with E-state index in [1.807, 2.05) is 97.1 Å². The molecule has 8 nitrogen and oxygen atoms in total. The van der Waals surface area contributed by atoms with Gasteiger partial charge in [-0.1, -0.05) is 121 Å². The summed E-state index contributed by atoms with van der Waals surface area (Å²) in [5, 5.41) is 51.2. The van der Waals surface area contributed by atoms with Crippen LogP contribution in [0.3, 0.4) is 0 Å². The van der Waals surface area contributed by atoms with E-state index in [1.54, 1.807) is 0 Å². The molecule has 0 amide bonds. The van der Waals surface area contributed by atoms with Crippen LogP contribution in [0.2, 0.25) is 0 Å². The summed E-state index contributed by atoms with van der Waals surface area (Å²) >= 11 is 0. The maximum Gasteiger partial charge on any atom is 0.104 e. The molecule has 0 aliphatic carbocycles. The van der Waals surface area contributed by atoms with Crippen molar-refractivity contribution in [3.8, 4) is 58.2 Å². The maximum absolute atomic E-state index is 11.2.